The van der Waals surface area contributed by atoms with E-state index in [1.807, 2.05) is 31.2 Å². The molecule has 0 aliphatic heterocycles. The van der Waals surface area contributed by atoms with Gasteiger partial charge in [-0.3, -0.25) is 9.59 Å². The quantitative estimate of drug-likeness (QED) is 0.618. The summed E-state index contributed by atoms with van der Waals surface area (Å²) in [4.78, 5) is 24.7. The molecule has 2 N–H and O–H groups in total. The van der Waals surface area contributed by atoms with E-state index in [2.05, 4.69) is 20.8 Å². The average molecular weight is 412 g/mol. The van der Waals surface area contributed by atoms with E-state index in [-0.39, 0.29) is 23.4 Å². The minimum absolute atomic E-state index is 0.147. The lowest BCUT2D eigenvalue weighted by Gasteiger charge is -2.08. The molecule has 0 radical (unpaired) electrons. The molecule has 0 bridgehead atoms. The van der Waals surface area contributed by atoms with E-state index >= 15 is 0 Å². The van der Waals surface area contributed by atoms with Crippen LogP contribution in [0.4, 0.5) is 5.69 Å². The van der Waals surface area contributed by atoms with Gasteiger partial charge in [-0.15, -0.1) is 10.2 Å². The molecule has 9 heteroatoms. The highest BCUT2D eigenvalue weighted by atomic mass is 32.1. The minimum atomic E-state index is -0.346. The first-order valence-corrected chi connectivity index (χ1v) is 9.52. The highest BCUT2D eigenvalue weighted by Gasteiger charge is 2.15. The van der Waals surface area contributed by atoms with Crippen LogP contribution in [0.25, 0.3) is 0 Å². The van der Waals surface area contributed by atoms with Crippen molar-refractivity contribution in [1.82, 2.24) is 15.5 Å². The number of hydrogen-bond acceptors (Lipinski definition) is 7. The maximum Gasteiger partial charge on any atom is 0.286 e. The molecule has 0 atom stereocenters. The molecule has 2 amide bonds. The fraction of sp³-hybridized carbons (Fsp3) is 0.200. The third-order valence-electron chi connectivity index (χ3n) is 3.98. The third kappa shape index (κ3) is 5.29. The zero-order valence-electron chi connectivity index (χ0n) is 16.2. The van der Waals surface area contributed by atoms with Gasteiger partial charge >= 0.3 is 0 Å². The summed E-state index contributed by atoms with van der Waals surface area (Å²) < 4.78 is 10.3. The Labute approximate surface area is 171 Å². The number of nitrogens with one attached hydrogen (secondary N) is 2. The molecule has 150 valence electrons. The largest absolute Gasteiger partial charge is 0.497 e. The van der Waals surface area contributed by atoms with Crippen LogP contribution in [0.3, 0.4) is 0 Å². The standard InChI is InChI=1S/C20H20N4O4S/c1-12-4-6-14(7-5-12)22-19(26)20-24-23-17(29-20)11-21-18(25)13-8-15(27-2)10-16(9-13)28-3/h4-10H,11H2,1-3H3,(H,21,25)(H,22,26). The fourth-order valence-corrected chi connectivity index (χ4v) is 3.11. The number of carbonyl (C=O) groups excluding carboxylic acids is 2. The second kappa shape index (κ2) is 9.16. The van der Waals surface area contributed by atoms with E-state index < -0.39 is 0 Å². The van der Waals surface area contributed by atoms with E-state index in [1.54, 1.807) is 18.2 Å². The molecule has 2 aromatic carbocycles. The van der Waals surface area contributed by atoms with Crippen LogP contribution in [-0.2, 0) is 6.54 Å². The summed E-state index contributed by atoms with van der Waals surface area (Å²) in [6.07, 6.45) is 0. The van der Waals surface area contributed by atoms with E-state index in [1.165, 1.54) is 14.2 Å². The number of ether oxygens (including phenoxy) is 2. The Hall–Kier alpha value is -3.46. The smallest absolute Gasteiger partial charge is 0.286 e. The molecule has 0 aliphatic rings. The van der Waals surface area contributed by atoms with Crippen LogP contribution in [0.1, 0.15) is 30.7 Å². The molecule has 3 aromatic rings. The molecule has 29 heavy (non-hydrogen) atoms. The van der Waals surface area contributed by atoms with E-state index in [4.69, 9.17) is 9.47 Å². The highest BCUT2D eigenvalue weighted by molar-refractivity contribution is 7.13. The maximum atomic E-state index is 12.4. The van der Waals surface area contributed by atoms with Crippen LogP contribution in [0.2, 0.25) is 0 Å². The number of methoxy groups -OCH3 is 2. The van der Waals surface area contributed by atoms with E-state index in [0.717, 1.165) is 16.9 Å². The van der Waals surface area contributed by atoms with Gasteiger partial charge in [-0.1, -0.05) is 29.0 Å². The van der Waals surface area contributed by atoms with Crippen LogP contribution in [0.15, 0.2) is 42.5 Å². The molecule has 1 heterocycles. The normalized spacial score (nSPS) is 10.3. The number of benzene rings is 2. The zero-order valence-corrected chi connectivity index (χ0v) is 17.0. The first-order chi connectivity index (χ1) is 14.0. The molecule has 8 nitrogen and oxygen atoms in total. The van der Waals surface area contributed by atoms with Crippen LogP contribution in [0.5, 0.6) is 11.5 Å². The van der Waals surface area contributed by atoms with Gasteiger partial charge in [-0.2, -0.15) is 0 Å². The first-order valence-electron chi connectivity index (χ1n) is 8.70. The number of aryl methyl sites for hydroxylation is 1. The maximum absolute atomic E-state index is 12.4. The molecule has 3 rings (SSSR count). The molecular weight excluding hydrogens is 392 g/mol. The number of nitrogens with zero attached hydrogens (tertiary/aromatic N) is 2. The lowest BCUT2D eigenvalue weighted by atomic mass is 10.2. The number of rotatable bonds is 7. The van der Waals surface area contributed by atoms with Gasteiger partial charge in [0.25, 0.3) is 11.8 Å². The number of aromatic nitrogens is 2. The van der Waals surface area contributed by atoms with Crippen LogP contribution in [0, 0.1) is 6.92 Å². The Balaban J connectivity index is 1.60. The Morgan fingerprint density at radius 2 is 1.62 bits per heavy atom. The van der Waals surface area contributed by atoms with E-state index in [0.29, 0.717) is 27.8 Å². The Morgan fingerprint density at radius 3 is 2.24 bits per heavy atom. The van der Waals surface area contributed by atoms with Gasteiger partial charge < -0.3 is 20.1 Å². The van der Waals surface area contributed by atoms with Gasteiger partial charge in [-0.25, -0.2) is 0 Å². The van der Waals surface area contributed by atoms with E-state index in [9.17, 15) is 9.59 Å². The van der Waals surface area contributed by atoms with Crippen LogP contribution in [-0.4, -0.2) is 36.2 Å². The summed E-state index contributed by atoms with van der Waals surface area (Å²) in [5.41, 5.74) is 2.17. The van der Waals surface area contributed by atoms with Crippen molar-refractivity contribution in [2.45, 2.75) is 13.5 Å². The second-order valence-electron chi connectivity index (χ2n) is 6.11. The lowest BCUT2D eigenvalue weighted by Crippen LogP contribution is -2.22. The Morgan fingerprint density at radius 1 is 0.966 bits per heavy atom. The van der Waals surface area contributed by atoms with Gasteiger partial charge in [0.05, 0.1) is 20.8 Å². The molecule has 0 aliphatic carbocycles. The number of hydrogen-bond donors (Lipinski definition) is 2. The molecule has 1 aromatic heterocycles. The summed E-state index contributed by atoms with van der Waals surface area (Å²) in [5.74, 6) is 0.366. The number of amides is 2. The summed E-state index contributed by atoms with van der Waals surface area (Å²) in [6.45, 7) is 2.12. The van der Waals surface area contributed by atoms with Crippen molar-refractivity contribution in [3.05, 3.63) is 63.6 Å². The predicted octanol–water partition coefficient (Wildman–Crippen LogP) is 3.05. The molecule has 0 fully saturated rings. The molecule has 0 saturated heterocycles. The molecule has 0 saturated carbocycles. The van der Waals surface area contributed by atoms with Gasteiger partial charge in [-0.05, 0) is 31.2 Å². The van der Waals surface area contributed by atoms with Crippen molar-refractivity contribution in [3.8, 4) is 11.5 Å². The van der Waals surface area contributed by atoms with Crippen LogP contribution >= 0.6 is 11.3 Å². The van der Waals surface area contributed by atoms with Crippen molar-refractivity contribution in [2.24, 2.45) is 0 Å². The van der Waals surface area contributed by atoms with Gasteiger partial charge in [0.15, 0.2) is 0 Å². The lowest BCUT2D eigenvalue weighted by molar-refractivity contribution is 0.0949. The zero-order chi connectivity index (χ0) is 20.8. The molecular formula is C20H20N4O4S. The summed E-state index contributed by atoms with van der Waals surface area (Å²) in [5, 5.41) is 14.1. The van der Waals surface area contributed by atoms with Crippen molar-refractivity contribution in [3.63, 3.8) is 0 Å². The van der Waals surface area contributed by atoms with Gasteiger partial charge in [0.1, 0.15) is 16.5 Å². The van der Waals surface area contributed by atoms with Crippen molar-refractivity contribution in [2.75, 3.05) is 19.5 Å². The Kier molecular flexibility index (Phi) is 6.40. The number of anilines is 1. The highest BCUT2D eigenvalue weighted by Crippen LogP contribution is 2.22. The SMILES string of the molecule is COc1cc(OC)cc(C(=O)NCc2nnc(C(=O)Nc3ccc(C)cc3)s2)c1. The fourth-order valence-electron chi connectivity index (χ4n) is 2.43. The molecule has 0 spiro atoms. The second-order valence-corrected chi connectivity index (χ2v) is 7.17. The Bertz CT molecular complexity index is 995. The van der Waals surface area contributed by atoms with Gasteiger partial charge in [0.2, 0.25) is 5.01 Å². The van der Waals surface area contributed by atoms with Crippen LogP contribution < -0.4 is 20.1 Å². The number of carbonyl (C=O) groups is 2. The van der Waals surface area contributed by atoms with Gasteiger partial charge in [0, 0.05) is 17.3 Å². The first kappa shape index (κ1) is 20.3. The third-order valence-corrected chi connectivity index (χ3v) is 4.91. The van der Waals surface area contributed by atoms with Crippen molar-refractivity contribution < 1.29 is 19.1 Å². The average Bonchev–Trinajstić information content (AvgIpc) is 3.22. The summed E-state index contributed by atoms with van der Waals surface area (Å²) in [7, 11) is 3.03. The topological polar surface area (TPSA) is 102 Å². The van der Waals surface area contributed by atoms with Crippen molar-refractivity contribution >= 4 is 28.8 Å². The minimum Gasteiger partial charge on any atom is -0.497 e. The summed E-state index contributed by atoms with van der Waals surface area (Å²) >= 11 is 1.12. The predicted molar refractivity (Wildman–Crippen MR) is 110 cm³/mol. The monoisotopic (exact) mass is 412 g/mol. The summed E-state index contributed by atoms with van der Waals surface area (Å²) in [6, 6.07) is 12.3. The van der Waals surface area contributed by atoms with Crippen molar-refractivity contribution in [1.29, 1.82) is 0 Å². The molecule has 0 unspecified atom stereocenters.